The Bertz CT molecular complexity index is 1100. The fraction of sp³-hybridized carbons (Fsp3) is 0.0476. The van der Waals surface area contributed by atoms with Crippen molar-refractivity contribution in [2.24, 2.45) is 0 Å². The van der Waals surface area contributed by atoms with E-state index >= 15 is 0 Å². The van der Waals surface area contributed by atoms with Gasteiger partial charge in [-0.05, 0) is 65.7 Å². The molecule has 3 rings (SSSR count). The minimum Gasteiger partial charge on any atom is -0.323 e. The third-order valence-electron chi connectivity index (χ3n) is 3.94. The molecule has 1 heterocycles. The van der Waals surface area contributed by atoms with Crippen molar-refractivity contribution in [3.05, 3.63) is 95.3 Å². The zero-order valence-electron chi connectivity index (χ0n) is 15.2. The summed E-state index contributed by atoms with van der Waals surface area (Å²) in [6, 6.07) is 16.4. The first-order valence-corrected chi connectivity index (χ1v) is 10.5. The van der Waals surface area contributed by atoms with Crippen LogP contribution >= 0.6 is 11.6 Å². The molecule has 6 nitrogen and oxygen atoms in total. The smallest absolute Gasteiger partial charge is 0.248 e. The lowest BCUT2D eigenvalue weighted by molar-refractivity contribution is -0.111. The largest absolute Gasteiger partial charge is 0.323 e. The van der Waals surface area contributed by atoms with Gasteiger partial charge in [0, 0.05) is 35.7 Å². The fourth-order valence-electron chi connectivity index (χ4n) is 2.41. The molecule has 3 aromatic rings. The number of rotatable bonds is 7. The van der Waals surface area contributed by atoms with E-state index in [4.69, 9.17) is 11.6 Å². The Kier molecular flexibility index (Phi) is 6.77. The monoisotopic (exact) mass is 427 g/mol. The average molecular weight is 428 g/mol. The molecule has 0 fully saturated rings. The number of halogens is 1. The molecule has 0 spiro atoms. The van der Waals surface area contributed by atoms with E-state index in [2.05, 4.69) is 15.0 Å². The number of amides is 1. The Balaban J connectivity index is 1.59. The van der Waals surface area contributed by atoms with Gasteiger partial charge in [0.2, 0.25) is 15.9 Å². The van der Waals surface area contributed by atoms with Gasteiger partial charge in [-0.25, -0.2) is 13.1 Å². The number of hydrogen-bond donors (Lipinski definition) is 2. The van der Waals surface area contributed by atoms with E-state index in [9.17, 15) is 13.2 Å². The van der Waals surface area contributed by atoms with Crippen LogP contribution in [0, 0.1) is 0 Å². The molecule has 0 aliphatic heterocycles. The fourth-order valence-corrected chi connectivity index (χ4v) is 3.56. The minimum absolute atomic E-state index is 0.108. The van der Waals surface area contributed by atoms with Gasteiger partial charge in [0.1, 0.15) is 0 Å². The van der Waals surface area contributed by atoms with Gasteiger partial charge >= 0.3 is 0 Å². The molecular weight excluding hydrogens is 410 g/mol. The zero-order valence-corrected chi connectivity index (χ0v) is 16.8. The van der Waals surface area contributed by atoms with Gasteiger partial charge in [0.05, 0.1) is 4.90 Å². The van der Waals surface area contributed by atoms with Crippen molar-refractivity contribution in [1.82, 2.24) is 9.71 Å². The van der Waals surface area contributed by atoms with E-state index in [1.165, 1.54) is 30.3 Å². The molecule has 8 heteroatoms. The standard InChI is InChI=1S/C21H18ClN3O3S/c22-18-4-1-17(2-5-18)15-24-29(27,28)20-8-6-19(7-9-20)25-21(26)10-3-16-11-13-23-14-12-16/h1-14,24H,15H2,(H,25,26)/b10-3+. The predicted molar refractivity (Wildman–Crippen MR) is 114 cm³/mol. The van der Waals surface area contributed by atoms with Gasteiger partial charge in [-0.1, -0.05) is 23.7 Å². The lowest BCUT2D eigenvalue weighted by Crippen LogP contribution is -2.23. The maximum Gasteiger partial charge on any atom is 0.248 e. The second-order valence-electron chi connectivity index (χ2n) is 6.08. The molecule has 0 saturated carbocycles. The topological polar surface area (TPSA) is 88.2 Å². The van der Waals surface area contributed by atoms with Gasteiger partial charge in [0.25, 0.3) is 0 Å². The first kappa shape index (κ1) is 20.7. The Morgan fingerprint density at radius 2 is 1.62 bits per heavy atom. The maximum atomic E-state index is 12.4. The maximum absolute atomic E-state index is 12.4. The van der Waals surface area contributed by atoms with Crippen molar-refractivity contribution < 1.29 is 13.2 Å². The number of nitrogens with zero attached hydrogens (tertiary/aromatic N) is 1. The Hall–Kier alpha value is -3.00. The van der Waals surface area contributed by atoms with Crippen molar-refractivity contribution in [2.45, 2.75) is 11.4 Å². The molecule has 29 heavy (non-hydrogen) atoms. The molecule has 0 atom stereocenters. The molecule has 0 aliphatic rings. The SMILES string of the molecule is O=C(/C=C/c1ccncc1)Nc1ccc(S(=O)(=O)NCc2ccc(Cl)cc2)cc1. The molecule has 0 saturated heterocycles. The first-order chi connectivity index (χ1) is 13.9. The van der Waals surface area contributed by atoms with Crippen LogP contribution in [0.2, 0.25) is 5.02 Å². The Morgan fingerprint density at radius 1 is 0.966 bits per heavy atom. The molecule has 2 aromatic carbocycles. The number of carbonyl (C=O) groups is 1. The number of carbonyl (C=O) groups excluding carboxylic acids is 1. The van der Waals surface area contributed by atoms with Gasteiger partial charge in [-0.15, -0.1) is 0 Å². The quantitative estimate of drug-likeness (QED) is 0.560. The van der Waals surface area contributed by atoms with Crippen molar-refractivity contribution >= 4 is 39.3 Å². The molecule has 0 radical (unpaired) electrons. The lowest BCUT2D eigenvalue weighted by Gasteiger charge is -2.08. The first-order valence-electron chi connectivity index (χ1n) is 8.66. The third kappa shape index (κ3) is 6.25. The lowest BCUT2D eigenvalue weighted by atomic mass is 10.2. The molecule has 1 aromatic heterocycles. The minimum atomic E-state index is -3.68. The summed E-state index contributed by atoms with van der Waals surface area (Å²) in [4.78, 5) is 16.0. The predicted octanol–water partition coefficient (Wildman–Crippen LogP) is 3.87. The van der Waals surface area contributed by atoms with Crippen molar-refractivity contribution in [1.29, 1.82) is 0 Å². The van der Waals surface area contributed by atoms with Crippen molar-refractivity contribution in [3.63, 3.8) is 0 Å². The van der Waals surface area contributed by atoms with Crippen molar-refractivity contribution in [3.8, 4) is 0 Å². The van der Waals surface area contributed by atoms with Gasteiger partial charge in [0.15, 0.2) is 0 Å². The molecule has 2 N–H and O–H groups in total. The normalized spacial score (nSPS) is 11.5. The second kappa shape index (κ2) is 9.47. The second-order valence-corrected chi connectivity index (χ2v) is 8.28. The van der Waals surface area contributed by atoms with E-state index in [-0.39, 0.29) is 17.3 Å². The van der Waals surface area contributed by atoms with Crippen LogP contribution in [-0.2, 0) is 21.4 Å². The van der Waals surface area contributed by atoms with E-state index in [1.54, 1.807) is 54.9 Å². The van der Waals surface area contributed by atoms with Crippen LogP contribution in [0.1, 0.15) is 11.1 Å². The van der Waals surface area contributed by atoms with E-state index in [0.717, 1.165) is 11.1 Å². The van der Waals surface area contributed by atoms with Crippen molar-refractivity contribution in [2.75, 3.05) is 5.32 Å². The molecule has 0 bridgehead atoms. The van der Waals surface area contributed by atoms with Gasteiger partial charge < -0.3 is 5.32 Å². The van der Waals surface area contributed by atoms with Crippen LogP contribution in [0.25, 0.3) is 6.08 Å². The van der Waals surface area contributed by atoms with Gasteiger partial charge in [-0.3, -0.25) is 9.78 Å². The molecule has 0 aliphatic carbocycles. The Morgan fingerprint density at radius 3 is 2.28 bits per heavy atom. The third-order valence-corrected chi connectivity index (χ3v) is 5.61. The number of nitrogens with one attached hydrogen (secondary N) is 2. The van der Waals surface area contributed by atoms with E-state index < -0.39 is 10.0 Å². The zero-order chi connectivity index (χ0) is 20.7. The number of aromatic nitrogens is 1. The number of anilines is 1. The summed E-state index contributed by atoms with van der Waals surface area (Å²) in [6.45, 7) is 0.151. The summed E-state index contributed by atoms with van der Waals surface area (Å²) in [7, 11) is -3.68. The van der Waals surface area contributed by atoms with E-state index in [1.807, 2.05) is 0 Å². The summed E-state index contributed by atoms with van der Waals surface area (Å²) in [5, 5.41) is 3.27. The number of hydrogen-bond acceptors (Lipinski definition) is 4. The van der Waals surface area contributed by atoms with Gasteiger partial charge in [-0.2, -0.15) is 0 Å². The van der Waals surface area contributed by atoms with Crippen LogP contribution in [-0.4, -0.2) is 19.3 Å². The summed E-state index contributed by atoms with van der Waals surface area (Å²) in [5.74, 6) is -0.321. The van der Waals surface area contributed by atoms with Crippen LogP contribution < -0.4 is 10.0 Å². The molecule has 1 amide bonds. The number of sulfonamides is 1. The average Bonchev–Trinajstić information content (AvgIpc) is 2.73. The summed E-state index contributed by atoms with van der Waals surface area (Å²) in [6.07, 6.45) is 6.33. The number of pyridine rings is 1. The Labute approximate surface area is 174 Å². The highest BCUT2D eigenvalue weighted by Crippen LogP contribution is 2.15. The van der Waals surface area contributed by atoms with Crippen LogP contribution in [0.5, 0.6) is 0 Å². The van der Waals surface area contributed by atoms with Crippen LogP contribution in [0.4, 0.5) is 5.69 Å². The highest BCUT2D eigenvalue weighted by Gasteiger charge is 2.13. The molecule has 148 valence electrons. The molecular formula is C21H18ClN3O3S. The number of benzene rings is 2. The van der Waals surface area contributed by atoms with E-state index in [0.29, 0.717) is 10.7 Å². The summed E-state index contributed by atoms with van der Waals surface area (Å²) in [5.41, 5.74) is 2.14. The highest BCUT2D eigenvalue weighted by molar-refractivity contribution is 7.89. The van der Waals surface area contributed by atoms with Crippen LogP contribution in [0.3, 0.4) is 0 Å². The molecule has 0 unspecified atom stereocenters. The summed E-state index contributed by atoms with van der Waals surface area (Å²) >= 11 is 5.82. The summed E-state index contributed by atoms with van der Waals surface area (Å²) < 4.78 is 27.4. The highest BCUT2D eigenvalue weighted by atomic mass is 35.5. The van der Waals surface area contributed by atoms with Crippen LogP contribution in [0.15, 0.2) is 84.0 Å².